The van der Waals surface area contributed by atoms with Gasteiger partial charge in [0.2, 0.25) is 0 Å². The minimum atomic E-state index is -1.32. The van der Waals surface area contributed by atoms with Gasteiger partial charge in [0.05, 0.1) is 14.2 Å². The molecule has 16 heavy (non-hydrogen) atoms. The van der Waals surface area contributed by atoms with E-state index in [1.807, 2.05) is 0 Å². The fourth-order valence-corrected chi connectivity index (χ4v) is 1.35. The highest BCUT2D eigenvalue weighted by Crippen LogP contribution is 2.16. The van der Waals surface area contributed by atoms with Gasteiger partial charge in [-0.05, 0) is 12.1 Å². The van der Waals surface area contributed by atoms with Crippen LogP contribution in [0.4, 0.5) is 0 Å². The van der Waals surface area contributed by atoms with Gasteiger partial charge in [0.15, 0.2) is 11.2 Å². The molecule has 0 heterocycles. The maximum atomic E-state index is 11.7. The number of rotatable bonds is 4. The van der Waals surface area contributed by atoms with Gasteiger partial charge < -0.3 is 9.47 Å². The molecule has 0 radical (unpaired) electrons. The molecule has 0 fully saturated rings. The van der Waals surface area contributed by atoms with E-state index >= 15 is 0 Å². The van der Waals surface area contributed by atoms with Crippen LogP contribution in [0, 0.1) is 0 Å². The Hall–Kier alpha value is -1.55. The van der Waals surface area contributed by atoms with E-state index < -0.39 is 17.1 Å². The summed E-state index contributed by atoms with van der Waals surface area (Å²) in [7, 11) is 2.67. The number of methoxy groups -OCH3 is 2. The highest BCUT2D eigenvalue weighted by atomic mass is 35.5. The summed E-state index contributed by atoms with van der Waals surface area (Å²) in [4.78, 5) is 22.8. The van der Waals surface area contributed by atoms with E-state index in [0.29, 0.717) is 11.3 Å². The lowest BCUT2D eigenvalue weighted by molar-refractivity contribution is -0.139. The lowest BCUT2D eigenvalue weighted by Crippen LogP contribution is -2.25. The second kappa shape index (κ2) is 5.51. The fraction of sp³-hybridized carbons (Fsp3) is 0.273. The van der Waals surface area contributed by atoms with E-state index in [2.05, 4.69) is 4.74 Å². The first-order chi connectivity index (χ1) is 7.60. The van der Waals surface area contributed by atoms with E-state index in [1.54, 1.807) is 18.2 Å². The molecule has 0 N–H and O–H groups in total. The largest absolute Gasteiger partial charge is 0.497 e. The van der Waals surface area contributed by atoms with Gasteiger partial charge in [-0.2, -0.15) is 0 Å². The van der Waals surface area contributed by atoms with Crippen LogP contribution in [0.2, 0.25) is 0 Å². The van der Waals surface area contributed by atoms with Crippen molar-refractivity contribution in [2.45, 2.75) is 5.38 Å². The van der Waals surface area contributed by atoms with Crippen LogP contribution in [0.15, 0.2) is 24.3 Å². The molecule has 1 atom stereocenters. The standard InChI is InChI=1S/C11H11ClO4/c1-15-8-5-3-4-7(6-8)10(13)9(12)11(14)16-2/h3-6,9H,1-2H3. The molecule has 0 saturated heterocycles. The quantitative estimate of drug-likeness (QED) is 0.349. The lowest BCUT2D eigenvalue weighted by atomic mass is 10.1. The molecule has 0 spiro atoms. The zero-order valence-electron chi connectivity index (χ0n) is 8.90. The second-order valence-corrected chi connectivity index (χ2v) is 3.42. The molecule has 0 amide bonds. The van der Waals surface area contributed by atoms with Gasteiger partial charge in [0, 0.05) is 5.56 Å². The van der Waals surface area contributed by atoms with Crippen LogP contribution in [0.1, 0.15) is 10.4 Å². The molecule has 1 aromatic carbocycles. The second-order valence-electron chi connectivity index (χ2n) is 2.98. The maximum Gasteiger partial charge on any atom is 0.331 e. The normalized spacial score (nSPS) is 11.7. The van der Waals surface area contributed by atoms with Crippen LogP contribution in [0.25, 0.3) is 0 Å². The van der Waals surface area contributed by atoms with Gasteiger partial charge >= 0.3 is 5.97 Å². The summed E-state index contributed by atoms with van der Waals surface area (Å²) in [5.74, 6) is -0.749. The number of esters is 1. The third-order valence-corrected chi connectivity index (χ3v) is 2.37. The van der Waals surface area contributed by atoms with Crippen molar-refractivity contribution in [3.63, 3.8) is 0 Å². The smallest absolute Gasteiger partial charge is 0.331 e. The van der Waals surface area contributed by atoms with Crippen LogP contribution in [0.3, 0.4) is 0 Å². The summed E-state index contributed by atoms with van der Waals surface area (Å²) in [5.41, 5.74) is 0.310. The molecule has 5 heteroatoms. The monoisotopic (exact) mass is 242 g/mol. The number of Topliss-reactive ketones (excluding diaryl/α,β-unsaturated/α-hetero) is 1. The fourth-order valence-electron chi connectivity index (χ4n) is 1.13. The Morgan fingerprint density at radius 2 is 2.00 bits per heavy atom. The Bertz CT molecular complexity index is 403. The summed E-state index contributed by atoms with van der Waals surface area (Å²) in [6.45, 7) is 0. The topological polar surface area (TPSA) is 52.6 Å². The van der Waals surface area contributed by atoms with Crippen molar-refractivity contribution in [1.82, 2.24) is 0 Å². The molecule has 0 aromatic heterocycles. The maximum absolute atomic E-state index is 11.7. The molecular weight excluding hydrogens is 232 g/mol. The summed E-state index contributed by atoms with van der Waals surface area (Å²) in [6.07, 6.45) is 0. The number of carbonyl (C=O) groups excluding carboxylic acids is 2. The van der Waals surface area contributed by atoms with Gasteiger partial charge in [-0.25, -0.2) is 4.79 Å². The molecule has 1 rings (SSSR count). The molecule has 0 aliphatic rings. The number of benzene rings is 1. The number of ether oxygens (including phenoxy) is 2. The van der Waals surface area contributed by atoms with Gasteiger partial charge in [0.1, 0.15) is 5.75 Å². The number of hydrogen-bond donors (Lipinski definition) is 0. The van der Waals surface area contributed by atoms with E-state index in [-0.39, 0.29) is 0 Å². The molecule has 0 saturated carbocycles. The van der Waals surface area contributed by atoms with E-state index in [0.717, 1.165) is 0 Å². The Labute approximate surface area is 98.1 Å². The van der Waals surface area contributed by atoms with Crippen molar-refractivity contribution < 1.29 is 19.1 Å². The molecule has 86 valence electrons. The van der Waals surface area contributed by atoms with Crippen LogP contribution in [0.5, 0.6) is 5.75 Å². The molecule has 4 nitrogen and oxygen atoms in total. The average molecular weight is 243 g/mol. The average Bonchev–Trinajstić information content (AvgIpc) is 2.36. The Kier molecular flexibility index (Phi) is 4.31. The highest BCUT2D eigenvalue weighted by Gasteiger charge is 2.26. The highest BCUT2D eigenvalue weighted by molar-refractivity contribution is 6.43. The van der Waals surface area contributed by atoms with E-state index in [1.165, 1.54) is 20.3 Å². The predicted octanol–water partition coefficient (Wildman–Crippen LogP) is 1.66. The van der Waals surface area contributed by atoms with Gasteiger partial charge in [-0.1, -0.05) is 12.1 Å². The third kappa shape index (κ3) is 2.73. The SMILES string of the molecule is COC(=O)C(Cl)C(=O)c1cccc(OC)c1. The predicted molar refractivity (Wildman–Crippen MR) is 59.0 cm³/mol. The van der Waals surface area contributed by atoms with Gasteiger partial charge in [0.25, 0.3) is 0 Å². The number of alkyl halides is 1. The Balaban J connectivity index is 2.91. The number of halogens is 1. The summed E-state index contributed by atoms with van der Waals surface area (Å²) < 4.78 is 9.35. The van der Waals surface area contributed by atoms with Crippen molar-refractivity contribution in [3.8, 4) is 5.75 Å². The zero-order valence-corrected chi connectivity index (χ0v) is 9.65. The molecule has 0 bridgehead atoms. The minimum Gasteiger partial charge on any atom is -0.497 e. The first-order valence-electron chi connectivity index (χ1n) is 4.50. The Morgan fingerprint density at radius 1 is 1.31 bits per heavy atom. The summed E-state index contributed by atoms with van der Waals surface area (Å²) in [6, 6.07) is 6.41. The van der Waals surface area contributed by atoms with Crippen molar-refractivity contribution in [2.24, 2.45) is 0 Å². The number of carbonyl (C=O) groups is 2. The zero-order chi connectivity index (χ0) is 12.1. The van der Waals surface area contributed by atoms with Crippen molar-refractivity contribution in [1.29, 1.82) is 0 Å². The lowest BCUT2D eigenvalue weighted by Gasteiger charge is -2.07. The van der Waals surface area contributed by atoms with E-state index in [9.17, 15) is 9.59 Å². The number of hydrogen-bond acceptors (Lipinski definition) is 4. The van der Waals surface area contributed by atoms with Gasteiger partial charge in [-0.3, -0.25) is 4.79 Å². The molecule has 0 aliphatic heterocycles. The number of ketones is 1. The first kappa shape index (κ1) is 12.5. The summed E-state index contributed by atoms with van der Waals surface area (Å²) >= 11 is 5.65. The molecular formula is C11H11ClO4. The molecule has 1 unspecified atom stereocenters. The van der Waals surface area contributed by atoms with Crippen LogP contribution < -0.4 is 4.74 Å². The van der Waals surface area contributed by atoms with Crippen LogP contribution in [-0.4, -0.2) is 31.3 Å². The molecule has 0 aliphatic carbocycles. The third-order valence-electron chi connectivity index (χ3n) is 1.99. The van der Waals surface area contributed by atoms with Crippen molar-refractivity contribution in [3.05, 3.63) is 29.8 Å². The van der Waals surface area contributed by atoms with Crippen LogP contribution in [-0.2, 0) is 9.53 Å². The van der Waals surface area contributed by atoms with Gasteiger partial charge in [-0.15, -0.1) is 11.6 Å². The minimum absolute atomic E-state index is 0.310. The van der Waals surface area contributed by atoms with E-state index in [4.69, 9.17) is 16.3 Å². The Morgan fingerprint density at radius 3 is 2.56 bits per heavy atom. The van der Waals surface area contributed by atoms with Crippen molar-refractivity contribution >= 4 is 23.4 Å². The summed E-state index contributed by atoms with van der Waals surface area (Å²) in [5, 5.41) is -1.32. The first-order valence-corrected chi connectivity index (χ1v) is 4.94. The molecule has 1 aromatic rings. The van der Waals surface area contributed by atoms with Crippen molar-refractivity contribution in [2.75, 3.05) is 14.2 Å². The van der Waals surface area contributed by atoms with Crippen LogP contribution >= 0.6 is 11.6 Å².